The minimum atomic E-state index is -3.23. The van der Waals surface area contributed by atoms with E-state index in [0.717, 1.165) is 0 Å². The first kappa shape index (κ1) is 16.9. The lowest BCUT2D eigenvalue weighted by Gasteiger charge is -2.12. The standard InChI is InChI=1S/C9H6F3O6P/c1-4(10)7(13)16-19(17-8(14)5(2)11)18-9(15)6(3)12/h1-3H2. The van der Waals surface area contributed by atoms with Crippen molar-refractivity contribution < 1.29 is 41.1 Å². The van der Waals surface area contributed by atoms with Crippen molar-refractivity contribution in [2.45, 2.75) is 0 Å². The Morgan fingerprint density at radius 3 is 1.05 bits per heavy atom. The number of hydrogen-bond acceptors (Lipinski definition) is 6. The lowest BCUT2D eigenvalue weighted by molar-refractivity contribution is -0.139. The van der Waals surface area contributed by atoms with Gasteiger partial charge in [-0.1, -0.05) is 19.7 Å². The van der Waals surface area contributed by atoms with Crippen LogP contribution in [0.3, 0.4) is 0 Å². The van der Waals surface area contributed by atoms with Crippen LogP contribution in [-0.4, -0.2) is 17.9 Å². The molecule has 0 aromatic rings. The summed E-state index contributed by atoms with van der Waals surface area (Å²) < 4.78 is 49.0. The van der Waals surface area contributed by atoms with Gasteiger partial charge in [-0.25, -0.2) is 14.4 Å². The van der Waals surface area contributed by atoms with Crippen LogP contribution in [0.1, 0.15) is 0 Å². The quantitative estimate of drug-likeness (QED) is 0.553. The average molecular weight is 298 g/mol. The van der Waals surface area contributed by atoms with Gasteiger partial charge in [0, 0.05) is 0 Å². The van der Waals surface area contributed by atoms with Crippen molar-refractivity contribution in [3.05, 3.63) is 37.2 Å². The lowest BCUT2D eigenvalue weighted by atomic mass is 10.6. The first-order valence-electron chi connectivity index (χ1n) is 4.15. The van der Waals surface area contributed by atoms with E-state index in [1.807, 2.05) is 0 Å². The van der Waals surface area contributed by atoms with E-state index < -0.39 is 44.0 Å². The third kappa shape index (κ3) is 6.37. The van der Waals surface area contributed by atoms with Gasteiger partial charge < -0.3 is 13.6 Å². The van der Waals surface area contributed by atoms with Crippen LogP contribution in [-0.2, 0) is 28.0 Å². The highest BCUT2D eigenvalue weighted by Gasteiger charge is 2.30. The monoisotopic (exact) mass is 298 g/mol. The molecule has 0 aliphatic carbocycles. The minimum Gasteiger partial charge on any atom is -0.370 e. The van der Waals surface area contributed by atoms with E-state index in [0.29, 0.717) is 0 Å². The Balaban J connectivity index is 4.82. The molecular formula is C9H6F3O6P. The Kier molecular flexibility index (Phi) is 6.49. The fraction of sp³-hybridized carbons (Fsp3) is 0. The summed E-state index contributed by atoms with van der Waals surface area (Å²) in [5.74, 6) is -10.1. The predicted octanol–water partition coefficient (Wildman–Crippen LogP) is 2.29. The summed E-state index contributed by atoms with van der Waals surface area (Å²) in [5, 5.41) is 0. The molecule has 0 atom stereocenters. The number of rotatable bonds is 6. The molecule has 0 bridgehead atoms. The van der Waals surface area contributed by atoms with Gasteiger partial charge in [0.2, 0.25) is 17.5 Å². The summed E-state index contributed by atoms with van der Waals surface area (Å²) in [6.45, 7) is 7.62. The largest absolute Gasteiger partial charge is 0.537 e. The Morgan fingerprint density at radius 1 is 0.684 bits per heavy atom. The number of carbonyl (C=O) groups is 3. The maximum atomic E-state index is 12.3. The topological polar surface area (TPSA) is 78.9 Å². The molecule has 0 heterocycles. The zero-order chi connectivity index (χ0) is 15.2. The van der Waals surface area contributed by atoms with Crippen LogP contribution in [0.25, 0.3) is 0 Å². The molecule has 0 rings (SSSR count). The summed E-state index contributed by atoms with van der Waals surface area (Å²) in [6, 6.07) is 0. The van der Waals surface area contributed by atoms with Crippen molar-refractivity contribution >= 4 is 26.5 Å². The summed E-state index contributed by atoms with van der Waals surface area (Å²) in [4.78, 5) is 32.3. The Bertz CT molecular complexity index is 394. The molecule has 0 N–H and O–H groups in total. The van der Waals surface area contributed by atoms with Crippen molar-refractivity contribution in [2.24, 2.45) is 0 Å². The Labute approximate surface area is 106 Å². The molecule has 10 heteroatoms. The second-order valence-electron chi connectivity index (χ2n) is 2.57. The molecular weight excluding hydrogens is 292 g/mol. The Hall–Kier alpha value is -2.15. The highest BCUT2D eigenvalue weighted by Crippen LogP contribution is 2.42. The van der Waals surface area contributed by atoms with Gasteiger partial charge in [0.25, 0.3) is 0 Å². The second-order valence-corrected chi connectivity index (χ2v) is 3.57. The van der Waals surface area contributed by atoms with Crippen LogP contribution in [0.5, 0.6) is 0 Å². The maximum absolute atomic E-state index is 12.3. The minimum absolute atomic E-state index is 1.61. The summed E-state index contributed by atoms with van der Waals surface area (Å²) in [6.07, 6.45) is 0. The van der Waals surface area contributed by atoms with Crippen LogP contribution in [0, 0.1) is 0 Å². The van der Waals surface area contributed by atoms with E-state index in [9.17, 15) is 27.6 Å². The van der Waals surface area contributed by atoms with Gasteiger partial charge in [-0.15, -0.1) is 0 Å². The fourth-order valence-corrected chi connectivity index (χ4v) is 1.22. The van der Waals surface area contributed by atoms with E-state index in [2.05, 4.69) is 33.3 Å². The van der Waals surface area contributed by atoms with E-state index >= 15 is 0 Å². The van der Waals surface area contributed by atoms with Crippen LogP contribution in [0.15, 0.2) is 37.2 Å². The van der Waals surface area contributed by atoms with Crippen molar-refractivity contribution in [1.82, 2.24) is 0 Å². The molecule has 0 aromatic heterocycles. The first-order chi connectivity index (χ1) is 8.65. The van der Waals surface area contributed by atoms with Gasteiger partial charge in [0.1, 0.15) is 0 Å². The molecule has 0 saturated heterocycles. The molecule has 0 aliphatic heterocycles. The molecule has 0 fully saturated rings. The molecule has 104 valence electrons. The van der Waals surface area contributed by atoms with Crippen molar-refractivity contribution in [3.63, 3.8) is 0 Å². The number of halogens is 3. The second kappa shape index (κ2) is 7.32. The molecule has 0 unspecified atom stereocenters. The molecule has 0 radical (unpaired) electrons. The number of carbonyl (C=O) groups excluding carboxylic acids is 3. The van der Waals surface area contributed by atoms with Gasteiger partial charge in [-0.05, 0) is 0 Å². The van der Waals surface area contributed by atoms with Crippen LogP contribution >= 0.6 is 8.60 Å². The fourth-order valence-electron chi connectivity index (χ4n) is 0.408. The van der Waals surface area contributed by atoms with Crippen molar-refractivity contribution in [2.75, 3.05) is 0 Å². The molecule has 0 aromatic carbocycles. The van der Waals surface area contributed by atoms with E-state index in [4.69, 9.17) is 0 Å². The van der Waals surface area contributed by atoms with Crippen molar-refractivity contribution in [1.29, 1.82) is 0 Å². The van der Waals surface area contributed by atoms with E-state index in [1.165, 1.54) is 0 Å². The normalized spacial score (nSPS) is 9.47. The summed E-state index contributed by atoms with van der Waals surface area (Å²) in [7, 11) is -3.23. The summed E-state index contributed by atoms with van der Waals surface area (Å²) in [5.41, 5.74) is 0. The van der Waals surface area contributed by atoms with E-state index in [1.54, 1.807) is 0 Å². The Morgan fingerprint density at radius 2 is 0.895 bits per heavy atom. The molecule has 0 saturated carbocycles. The summed E-state index contributed by atoms with van der Waals surface area (Å²) >= 11 is 0. The van der Waals surface area contributed by atoms with Crippen LogP contribution in [0.4, 0.5) is 13.2 Å². The molecule has 6 nitrogen and oxygen atoms in total. The van der Waals surface area contributed by atoms with Gasteiger partial charge >= 0.3 is 26.5 Å². The number of hydrogen-bond donors (Lipinski definition) is 0. The molecule has 0 aliphatic rings. The molecule has 0 amide bonds. The molecule has 19 heavy (non-hydrogen) atoms. The first-order valence-corrected chi connectivity index (χ1v) is 5.25. The smallest absolute Gasteiger partial charge is 0.370 e. The van der Waals surface area contributed by atoms with Gasteiger partial charge in [0.05, 0.1) is 0 Å². The third-order valence-electron chi connectivity index (χ3n) is 1.14. The highest BCUT2D eigenvalue weighted by molar-refractivity contribution is 7.43. The van der Waals surface area contributed by atoms with E-state index in [-0.39, 0.29) is 0 Å². The van der Waals surface area contributed by atoms with Gasteiger partial charge in [0.15, 0.2) is 0 Å². The zero-order valence-electron chi connectivity index (χ0n) is 9.15. The third-order valence-corrected chi connectivity index (χ3v) is 2.08. The van der Waals surface area contributed by atoms with Gasteiger partial charge in [-0.2, -0.15) is 13.2 Å². The predicted molar refractivity (Wildman–Crippen MR) is 55.9 cm³/mol. The maximum Gasteiger partial charge on any atom is 0.537 e. The SMILES string of the molecule is C=C(F)C(=O)OP(OC(=O)C(=C)F)OC(=O)C(=C)F. The average Bonchev–Trinajstić information content (AvgIpc) is 2.27. The zero-order valence-corrected chi connectivity index (χ0v) is 10.0. The van der Waals surface area contributed by atoms with Crippen LogP contribution in [0.2, 0.25) is 0 Å². The van der Waals surface area contributed by atoms with Crippen molar-refractivity contribution in [3.8, 4) is 0 Å². The molecule has 0 spiro atoms. The van der Waals surface area contributed by atoms with Gasteiger partial charge in [-0.3, -0.25) is 0 Å². The highest BCUT2D eigenvalue weighted by atomic mass is 31.2. The van der Waals surface area contributed by atoms with Crippen LogP contribution < -0.4 is 0 Å². The lowest BCUT2D eigenvalue weighted by Crippen LogP contribution is -2.11.